The van der Waals surface area contributed by atoms with Crippen LogP contribution in [0.2, 0.25) is 0 Å². The second-order valence-electron chi connectivity index (χ2n) is 7.25. The average Bonchev–Trinajstić information content (AvgIpc) is 3.16. The highest BCUT2D eigenvalue weighted by Crippen LogP contribution is 2.23. The summed E-state index contributed by atoms with van der Waals surface area (Å²) in [5.74, 6) is 0.677. The first-order chi connectivity index (χ1) is 13.1. The molecule has 2 aliphatic rings. The first-order valence-corrected chi connectivity index (χ1v) is 9.34. The highest BCUT2D eigenvalue weighted by atomic mass is 16.6. The van der Waals surface area contributed by atoms with Gasteiger partial charge in [0.2, 0.25) is 5.82 Å². The van der Waals surface area contributed by atoms with Crippen molar-refractivity contribution in [1.29, 1.82) is 0 Å². The molecular formula is C18H23N5O4. The summed E-state index contributed by atoms with van der Waals surface area (Å²) in [7, 11) is 0. The number of nitro groups is 1. The molecule has 2 saturated heterocycles. The topological polar surface area (TPSA) is 102 Å². The van der Waals surface area contributed by atoms with Gasteiger partial charge in [0.05, 0.1) is 11.5 Å². The van der Waals surface area contributed by atoms with Gasteiger partial charge in [-0.15, -0.1) is 0 Å². The molecule has 27 heavy (non-hydrogen) atoms. The molecule has 0 bridgehead atoms. The zero-order valence-electron chi connectivity index (χ0n) is 15.0. The lowest BCUT2D eigenvalue weighted by Gasteiger charge is -2.33. The maximum atomic E-state index is 12.5. The second-order valence-corrected chi connectivity index (χ2v) is 7.25. The molecule has 0 saturated carbocycles. The molecule has 0 amide bonds. The fourth-order valence-electron chi connectivity index (χ4n) is 3.89. The third-order valence-corrected chi connectivity index (χ3v) is 5.36. The Labute approximate surface area is 156 Å². The first-order valence-electron chi connectivity index (χ1n) is 9.34. The molecule has 1 atom stereocenters. The van der Waals surface area contributed by atoms with E-state index in [4.69, 9.17) is 4.74 Å². The molecule has 0 aliphatic carbocycles. The number of hydrogen-bond donors (Lipinski definition) is 1. The van der Waals surface area contributed by atoms with E-state index in [0.717, 1.165) is 52.1 Å². The molecule has 2 aromatic heterocycles. The fourth-order valence-corrected chi connectivity index (χ4v) is 3.89. The monoisotopic (exact) mass is 373 g/mol. The third kappa shape index (κ3) is 3.79. The Balaban J connectivity index is 1.48. The summed E-state index contributed by atoms with van der Waals surface area (Å²) in [4.78, 5) is 30.1. The molecule has 2 fully saturated rings. The van der Waals surface area contributed by atoms with Gasteiger partial charge in [-0.2, -0.15) is 0 Å². The molecule has 1 N–H and O–H groups in total. The summed E-state index contributed by atoms with van der Waals surface area (Å²) < 4.78 is 6.64. The van der Waals surface area contributed by atoms with Crippen molar-refractivity contribution in [1.82, 2.24) is 14.3 Å². The zero-order valence-corrected chi connectivity index (χ0v) is 15.0. The summed E-state index contributed by atoms with van der Waals surface area (Å²) in [6, 6.07) is 5.14. The number of piperidine rings is 1. The van der Waals surface area contributed by atoms with E-state index in [-0.39, 0.29) is 11.9 Å². The predicted octanol–water partition coefficient (Wildman–Crippen LogP) is 1.52. The van der Waals surface area contributed by atoms with Crippen LogP contribution in [0.25, 0.3) is 5.65 Å². The van der Waals surface area contributed by atoms with Crippen LogP contribution < -0.4 is 10.9 Å². The number of likely N-dealkylation sites (tertiary alicyclic amines) is 1. The summed E-state index contributed by atoms with van der Waals surface area (Å²) in [6.07, 6.45) is 4.34. The fraction of sp³-hybridized carbons (Fsp3) is 0.556. The molecule has 144 valence electrons. The van der Waals surface area contributed by atoms with Crippen LogP contribution >= 0.6 is 0 Å². The van der Waals surface area contributed by atoms with E-state index in [1.54, 1.807) is 18.2 Å². The minimum absolute atomic E-state index is 0.0674. The molecule has 9 heteroatoms. The number of aromatic nitrogens is 2. The van der Waals surface area contributed by atoms with Crippen molar-refractivity contribution in [2.75, 3.05) is 38.2 Å². The van der Waals surface area contributed by atoms with Gasteiger partial charge in [-0.3, -0.25) is 19.3 Å². The minimum atomic E-state index is -0.660. The van der Waals surface area contributed by atoms with Crippen LogP contribution in [0.15, 0.2) is 29.2 Å². The van der Waals surface area contributed by atoms with E-state index in [9.17, 15) is 14.9 Å². The van der Waals surface area contributed by atoms with Crippen molar-refractivity contribution in [3.05, 3.63) is 44.9 Å². The molecule has 1 unspecified atom stereocenters. The van der Waals surface area contributed by atoms with E-state index in [1.165, 1.54) is 10.6 Å². The Bertz CT molecular complexity index is 885. The van der Waals surface area contributed by atoms with Crippen LogP contribution in [0.4, 0.5) is 11.5 Å². The van der Waals surface area contributed by atoms with Gasteiger partial charge < -0.3 is 15.0 Å². The van der Waals surface area contributed by atoms with E-state index >= 15 is 0 Å². The summed E-state index contributed by atoms with van der Waals surface area (Å²) in [5.41, 5.74) is -0.759. The molecular weight excluding hydrogens is 350 g/mol. The van der Waals surface area contributed by atoms with Gasteiger partial charge in [0.15, 0.2) is 0 Å². The van der Waals surface area contributed by atoms with Crippen LogP contribution in [-0.2, 0) is 4.74 Å². The summed E-state index contributed by atoms with van der Waals surface area (Å²) in [6.45, 7) is 4.59. The first kappa shape index (κ1) is 17.9. The largest absolute Gasteiger partial charge is 0.381 e. The second kappa shape index (κ2) is 7.61. The molecule has 9 nitrogen and oxygen atoms in total. The molecule has 0 radical (unpaired) electrons. The van der Waals surface area contributed by atoms with Crippen LogP contribution in [0.1, 0.15) is 19.3 Å². The van der Waals surface area contributed by atoms with Crippen molar-refractivity contribution in [3.63, 3.8) is 0 Å². The summed E-state index contributed by atoms with van der Waals surface area (Å²) >= 11 is 0. The SMILES string of the molecule is O=c1c([N+](=O)[O-])c(NC2CCN(CC3CCOC3)CC2)nc2ccccn12. The van der Waals surface area contributed by atoms with Crippen LogP contribution in [0, 0.1) is 16.0 Å². The van der Waals surface area contributed by atoms with Crippen LogP contribution in [0.3, 0.4) is 0 Å². The van der Waals surface area contributed by atoms with Crippen molar-refractivity contribution in [3.8, 4) is 0 Å². The van der Waals surface area contributed by atoms with Crippen molar-refractivity contribution in [2.24, 2.45) is 5.92 Å². The number of fused-ring (bicyclic) bond motifs is 1. The maximum absolute atomic E-state index is 12.5. The number of anilines is 1. The lowest BCUT2D eigenvalue weighted by molar-refractivity contribution is -0.385. The normalized spacial score (nSPS) is 21.6. The van der Waals surface area contributed by atoms with E-state index in [2.05, 4.69) is 15.2 Å². The van der Waals surface area contributed by atoms with Gasteiger partial charge >= 0.3 is 11.2 Å². The number of hydrogen-bond acceptors (Lipinski definition) is 7. The highest BCUT2D eigenvalue weighted by Gasteiger charge is 2.28. The quantitative estimate of drug-likeness (QED) is 0.626. The van der Waals surface area contributed by atoms with Gasteiger partial charge in [-0.25, -0.2) is 4.98 Å². The van der Waals surface area contributed by atoms with E-state index < -0.39 is 16.2 Å². The Morgan fingerprint density at radius 1 is 1.30 bits per heavy atom. The molecule has 0 spiro atoms. The Morgan fingerprint density at radius 2 is 2.11 bits per heavy atom. The van der Waals surface area contributed by atoms with Gasteiger partial charge in [0.25, 0.3) is 0 Å². The average molecular weight is 373 g/mol. The van der Waals surface area contributed by atoms with Crippen molar-refractivity contribution < 1.29 is 9.66 Å². The molecule has 2 aromatic rings. The van der Waals surface area contributed by atoms with Gasteiger partial charge in [-0.1, -0.05) is 6.07 Å². The highest BCUT2D eigenvalue weighted by molar-refractivity contribution is 5.60. The number of nitrogens with zero attached hydrogens (tertiary/aromatic N) is 4. The van der Waals surface area contributed by atoms with Gasteiger partial charge in [0.1, 0.15) is 5.65 Å². The Kier molecular flexibility index (Phi) is 5.04. The lowest BCUT2D eigenvalue weighted by atomic mass is 10.0. The Hall–Kier alpha value is -2.52. The number of ether oxygens (including phenoxy) is 1. The maximum Gasteiger partial charge on any atom is 0.376 e. The zero-order chi connectivity index (χ0) is 18.8. The standard InChI is InChI=1S/C18H23N5O4/c24-18-16(23(25)26)17(20-15-3-1-2-7-22(15)18)19-14-4-8-21(9-5-14)11-13-6-10-27-12-13/h1-3,7,13-14,19H,4-6,8-12H2. The molecule has 0 aromatic carbocycles. The van der Waals surface area contributed by atoms with Crippen molar-refractivity contribution >= 4 is 17.2 Å². The third-order valence-electron chi connectivity index (χ3n) is 5.36. The minimum Gasteiger partial charge on any atom is -0.381 e. The number of nitrogens with one attached hydrogen (secondary N) is 1. The number of pyridine rings is 1. The van der Waals surface area contributed by atoms with Crippen LogP contribution in [-0.4, -0.2) is 58.1 Å². The molecule has 2 aliphatic heterocycles. The predicted molar refractivity (Wildman–Crippen MR) is 100 cm³/mol. The van der Waals surface area contributed by atoms with Crippen molar-refractivity contribution in [2.45, 2.75) is 25.3 Å². The van der Waals surface area contributed by atoms with E-state index in [1.807, 2.05) is 0 Å². The Morgan fingerprint density at radius 3 is 2.81 bits per heavy atom. The molecule has 4 heterocycles. The smallest absolute Gasteiger partial charge is 0.376 e. The van der Waals surface area contributed by atoms with E-state index in [0.29, 0.717) is 11.6 Å². The van der Waals surface area contributed by atoms with Crippen LogP contribution in [0.5, 0.6) is 0 Å². The lowest BCUT2D eigenvalue weighted by Crippen LogP contribution is -2.41. The number of rotatable bonds is 5. The van der Waals surface area contributed by atoms with Gasteiger partial charge in [0, 0.05) is 38.5 Å². The summed E-state index contributed by atoms with van der Waals surface area (Å²) in [5, 5.41) is 14.6. The van der Waals surface area contributed by atoms with Gasteiger partial charge in [-0.05, 0) is 37.3 Å². The molecule has 4 rings (SSSR count).